The number of nitrogens with zero attached hydrogens (tertiary/aromatic N) is 3. The van der Waals surface area contributed by atoms with E-state index in [1.54, 1.807) is 30.0 Å². The van der Waals surface area contributed by atoms with Crippen LogP contribution in [0.5, 0.6) is 0 Å². The van der Waals surface area contributed by atoms with Gasteiger partial charge in [0.1, 0.15) is 6.54 Å². The average molecular weight is 343 g/mol. The number of esters is 1. The van der Waals surface area contributed by atoms with Gasteiger partial charge in [-0.05, 0) is 31.9 Å². The molecular weight excluding hydrogens is 322 g/mol. The molecule has 0 spiro atoms. The highest BCUT2D eigenvalue weighted by Gasteiger charge is 2.28. The van der Waals surface area contributed by atoms with Gasteiger partial charge in [0.2, 0.25) is 5.91 Å². The Balaban J connectivity index is 1.65. The Morgan fingerprint density at radius 1 is 1.24 bits per heavy atom. The van der Waals surface area contributed by atoms with E-state index in [9.17, 15) is 14.4 Å². The van der Waals surface area contributed by atoms with Crippen molar-refractivity contribution in [2.45, 2.75) is 26.3 Å². The van der Waals surface area contributed by atoms with Crippen molar-refractivity contribution >= 4 is 22.8 Å². The van der Waals surface area contributed by atoms with Gasteiger partial charge in [0.15, 0.2) is 0 Å². The second-order valence-corrected chi connectivity index (χ2v) is 6.10. The molecule has 1 aromatic heterocycles. The summed E-state index contributed by atoms with van der Waals surface area (Å²) in [4.78, 5) is 42.6. The lowest BCUT2D eigenvalue weighted by Crippen LogP contribution is -2.43. The molecule has 3 rings (SSSR count). The first-order valence-electron chi connectivity index (χ1n) is 8.48. The molecular formula is C18H21N3O4. The summed E-state index contributed by atoms with van der Waals surface area (Å²) in [5.41, 5.74) is 0.395. The van der Waals surface area contributed by atoms with Crippen LogP contribution in [0.2, 0.25) is 0 Å². The summed E-state index contributed by atoms with van der Waals surface area (Å²) in [6.45, 7) is 3.11. The molecule has 1 aromatic carbocycles. The summed E-state index contributed by atoms with van der Waals surface area (Å²) in [7, 11) is 0. The number of carbonyl (C=O) groups is 2. The largest absolute Gasteiger partial charge is 0.466 e. The molecule has 2 heterocycles. The fourth-order valence-electron chi connectivity index (χ4n) is 3.09. The van der Waals surface area contributed by atoms with Gasteiger partial charge in [0.25, 0.3) is 5.56 Å². The van der Waals surface area contributed by atoms with Crippen LogP contribution < -0.4 is 5.56 Å². The zero-order valence-electron chi connectivity index (χ0n) is 14.2. The molecule has 0 bridgehead atoms. The van der Waals surface area contributed by atoms with Crippen molar-refractivity contribution in [3.05, 3.63) is 40.9 Å². The van der Waals surface area contributed by atoms with Gasteiger partial charge in [0, 0.05) is 13.1 Å². The summed E-state index contributed by atoms with van der Waals surface area (Å²) in [6.07, 6.45) is 2.60. The lowest BCUT2D eigenvalue weighted by molar-refractivity contribution is -0.151. The SMILES string of the molecule is CCOC(=O)C1CCN(C(=O)Cn2cnc3ccccc3c2=O)CC1. The number of para-hydroxylation sites is 1. The van der Waals surface area contributed by atoms with E-state index in [1.807, 2.05) is 6.07 Å². The van der Waals surface area contributed by atoms with E-state index in [0.29, 0.717) is 43.4 Å². The molecule has 7 nitrogen and oxygen atoms in total. The lowest BCUT2D eigenvalue weighted by atomic mass is 9.97. The van der Waals surface area contributed by atoms with Crippen LogP contribution >= 0.6 is 0 Å². The van der Waals surface area contributed by atoms with E-state index in [-0.39, 0.29) is 29.9 Å². The van der Waals surface area contributed by atoms with E-state index in [1.165, 1.54) is 10.9 Å². The van der Waals surface area contributed by atoms with Crippen LogP contribution in [-0.4, -0.2) is 46.0 Å². The first kappa shape index (κ1) is 17.1. The summed E-state index contributed by atoms with van der Waals surface area (Å²) in [6, 6.07) is 7.06. The van der Waals surface area contributed by atoms with Crippen molar-refractivity contribution in [1.82, 2.24) is 14.5 Å². The smallest absolute Gasteiger partial charge is 0.309 e. The number of piperidine rings is 1. The number of benzene rings is 1. The van der Waals surface area contributed by atoms with Gasteiger partial charge in [-0.3, -0.25) is 19.0 Å². The van der Waals surface area contributed by atoms with Crippen molar-refractivity contribution in [2.75, 3.05) is 19.7 Å². The van der Waals surface area contributed by atoms with Crippen LogP contribution in [0.25, 0.3) is 10.9 Å². The summed E-state index contributed by atoms with van der Waals surface area (Å²) >= 11 is 0. The Labute approximate surface area is 145 Å². The van der Waals surface area contributed by atoms with Crippen molar-refractivity contribution in [3.63, 3.8) is 0 Å². The van der Waals surface area contributed by atoms with Gasteiger partial charge in [-0.1, -0.05) is 12.1 Å². The van der Waals surface area contributed by atoms with Crippen molar-refractivity contribution < 1.29 is 14.3 Å². The quantitative estimate of drug-likeness (QED) is 0.779. The van der Waals surface area contributed by atoms with E-state index < -0.39 is 0 Å². The maximum absolute atomic E-state index is 12.5. The van der Waals surface area contributed by atoms with Gasteiger partial charge in [0.05, 0.1) is 29.8 Å². The number of fused-ring (bicyclic) bond motifs is 1. The van der Waals surface area contributed by atoms with E-state index >= 15 is 0 Å². The third kappa shape index (κ3) is 3.70. The predicted molar refractivity (Wildman–Crippen MR) is 91.9 cm³/mol. The molecule has 0 aliphatic carbocycles. The number of hydrogen-bond acceptors (Lipinski definition) is 5. The summed E-state index contributed by atoms with van der Waals surface area (Å²) < 4.78 is 6.37. The number of likely N-dealkylation sites (tertiary alicyclic amines) is 1. The topological polar surface area (TPSA) is 81.5 Å². The van der Waals surface area contributed by atoms with Gasteiger partial charge in [-0.15, -0.1) is 0 Å². The molecule has 1 aliphatic rings. The Morgan fingerprint density at radius 3 is 2.68 bits per heavy atom. The van der Waals surface area contributed by atoms with E-state index in [4.69, 9.17) is 4.74 Å². The standard InChI is InChI=1S/C18H21N3O4/c1-2-25-18(24)13-7-9-20(10-8-13)16(22)11-21-12-19-15-6-4-3-5-14(15)17(21)23/h3-6,12-13H,2,7-11H2,1H3. The minimum absolute atomic E-state index is 0.0409. The Kier molecular flexibility index (Phi) is 5.11. The van der Waals surface area contributed by atoms with Crippen LogP contribution in [0.3, 0.4) is 0 Å². The van der Waals surface area contributed by atoms with Gasteiger partial charge < -0.3 is 9.64 Å². The third-order valence-electron chi connectivity index (χ3n) is 4.50. The number of rotatable bonds is 4. The fourth-order valence-corrected chi connectivity index (χ4v) is 3.09. The second-order valence-electron chi connectivity index (χ2n) is 6.10. The Morgan fingerprint density at radius 2 is 1.96 bits per heavy atom. The van der Waals surface area contributed by atoms with Crippen molar-refractivity contribution in [3.8, 4) is 0 Å². The van der Waals surface area contributed by atoms with Crippen molar-refractivity contribution in [1.29, 1.82) is 0 Å². The highest BCUT2D eigenvalue weighted by molar-refractivity contribution is 5.79. The predicted octanol–water partition coefficient (Wildman–Crippen LogP) is 1.20. The van der Waals surface area contributed by atoms with Crippen LogP contribution in [0, 0.1) is 5.92 Å². The molecule has 0 saturated carbocycles. The molecule has 1 saturated heterocycles. The minimum Gasteiger partial charge on any atom is -0.466 e. The Bertz CT molecular complexity index is 838. The van der Waals surface area contributed by atoms with Gasteiger partial charge >= 0.3 is 5.97 Å². The maximum Gasteiger partial charge on any atom is 0.309 e. The first-order valence-corrected chi connectivity index (χ1v) is 8.48. The zero-order valence-corrected chi connectivity index (χ0v) is 14.2. The number of amides is 1. The number of carbonyl (C=O) groups excluding carboxylic acids is 2. The van der Waals surface area contributed by atoms with E-state index in [2.05, 4.69) is 4.98 Å². The monoisotopic (exact) mass is 343 g/mol. The third-order valence-corrected chi connectivity index (χ3v) is 4.50. The first-order chi connectivity index (χ1) is 12.1. The van der Waals surface area contributed by atoms with Crippen LogP contribution in [0.1, 0.15) is 19.8 Å². The number of aromatic nitrogens is 2. The normalized spacial score (nSPS) is 15.3. The van der Waals surface area contributed by atoms with Crippen LogP contribution in [0.4, 0.5) is 0 Å². The fraction of sp³-hybridized carbons (Fsp3) is 0.444. The lowest BCUT2D eigenvalue weighted by Gasteiger charge is -2.31. The molecule has 1 fully saturated rings. The molecule has 1 aliphatic heterocycles. The molecule has 0 unspecified atom stereocenters. The van der Waals surface area contributed by atoms with E-state index in [0.717, 1.165) is 0 Å². The zero-order chi connectivity index (χ0) is 17.8. The number of hydrogen-bond donors (Lipinski definition) is 0. The van der Waals surface area contributed by atoms with Gasteiger partial charge in [-0.2, -0.15) is 0 Å². The van der Waals surface area contributed by atoms with Crippen molar-refractivity contribution in [2.24, 2.45) is 5.92 Å². The second kappa shape index (κ2) is 7.46. The Hall–Kier alpha value is -2.70. The van der Waals surface area contributed by atoms with Crippen LogP contribution in [-0.2, 0) is 20.9 Å². The molecule has 0 N–H and O–H groups in total. The van der Waals surface area contributed by atoms with Gasteiger partial charge in [-0.25, -0.2) is 4.98 Å². The maximum atomic E-state index is 12.5. The summed E-state index contributed by atoms with van der Waals surface area (Å²) in [5, 5.41) is 0.499. The molecule has 2 aromatic rings. The van der Waals surface area contributed by atoms with Crippen LogP contribution in [0.15, 0.2) is 35.4 Å². The highest BCUT2D eigenvalue weighted by atomic mass is 16.5. The average Bonchev–Trinajstić information content (AvgIpc) is 2.64. The molecule has 25 heavy (non-hydrogen) atoms. The molecule has 1 amide bonds. The molecule has 0 radical (unpaired) electrons. The molecule has 7 heteroatoms. The highest BCUT2D eigenvalue weighted by Crippen LogP contribution is 2.19. The summed E-state index contributed by atoms with van der Waals surface area (Å²) in [5.74, 6) is -0.472. The molecule has 0 atom stereocenters. The molecule has 132 valence electrons. The number of ether oxygens (including phenoxy) is 1. The minimum atomic E-state index is -0.222.